The van der Waals surface area contributed by atoms with Crippen molar-refractivity contribution in [2.45, 2.75) is 40.0 Å². The lowest BCUT2D eigenvalue weighted by Crippen LogP contribution is -2.04. The quantitative estimate of drug-likeness (QED) is 0.313. The lowest BCUT2D eigenvalue weighted by Gasteiger charge is -2.10. The van der Waals surface area contributed by atoms with Crippen molar-refractivity contribution in [2.75, 3.05) is 7.11 Å². The van der Waals surface area contributed by atoms with Crippen molar-refractivity contribution < 1.29 is 19.1 Å². The molecule has 3 rings (SSSR count). The number of fused-ring (bicyclic) bond motifs is 1. The molecule has 1 N–H and O–H groups in total. The number of aryl methyl sites for hydroxylation is 3. The number of ketones is 1. The van der Waals surface area contributed by atoms with E-state index in [1.807, 2.05) is 56.5 Å². The third-order valence-electron chi connectivity index (χ3n) is 5.03. The molecule has 1 heterocycles. The molecule has 2 aromatic carbocycles. The Labute approximate surface area is 176 Å². The van der Waals surface area contributed by atoms with Crippen LogP contribution in [0.3, 0.4) is 0 Å². The SMILES string of the molecule is COc1ccc2[nH]cc(CCCC(=O)/C=C/c3cc(C)c(OC(C)=O)c(C)c3)c2c1. The standard InChI is InChI=1S/C25H27NO4/c1-16-12-19(13-17(2)25(16)30-18(3)27)8-9-21(28)7-5-6-20-15-26-24-11-10-22(29-4)14-23(20)24/h8-15,26H,5-7H2,1-4H3/b9-8+. The van der Waals surface area contributed by atoms with Gasteiger partial charge >= 0.3 is 5.97 Å². The molecular formula is C25H27NO4. The van der Waals surface area contributed by atoms with E-state index in [9.17, 15) is 9.59 Å². The van der Waals surface area contributed by atoms with Gasteiger partial charge in [0.25, 0.3) is 0 Å². The number of methoxy groups -OCH3 is 1. The molecule has 3 aromatic rings. The van der Waals surface area contributed by atoms with Crippen molar-refractivity contribution >= 4 is 28.7 Å². The van der Waals surface area contributed by atoms with E-state index in [0.29, 0.717) is 12.2 Å². The Bertz CT molecular complexity index is 1080. The van der Waals surface area contributed by atoms with Gasteiger partial charge in [-0.25, -0.2) is 0 Å². The molecule has 156 valence electrons. The molecule has 0 radical (unpaired) electrons. The van der Waals surface area contributed by atoms with E-state index >= 15 is 0 Å². The van der Waals surface area contributed by atoms with Crippen LogP contribution in [-0.4, -0.2) is 23.8 Å². The van der Waals surface area contributed by atoms with Crippen LogP contribution in [0.25, 0.3) is 17.0 Å². The minimum atomic E-state index is -0.340. The summed E-state index contributed by atoms with van der Waals surface area (Å²) in [6, 6.07) is 9.77. The van der Waals surface area contributed by atoms with Crippen LogP contribution >= 0.6 is 0 Å². The summed E-state index contributed by atoms with van der Waals surface area (Å²) in [4.78, 5) is 26.8. The van der Waals surface area contributed by atoms with Crippen molar-refractivity contribution in [3.63, 3.8) is 0 Å². The molecule has 0 amide bonds. The van der Waals surface area contributed by atoms with Gasteiger partial charge in [0, 0.05) is 30.4 Å². The normalized spacial score (nSPS) is 11.2. The molecular weight excluding hydrogens is 378 g/mol. The molecule has 5 heteroatoms. The summed E-state index contributed by atoms with van der Waals surface area (Å²) >= 11 is 0. The third kappa shape index (κ3) is 5.17. The lowest BCUT2D eigenvalue weighted by atomic mass is 10.0. The zero-order valence-electron chi connectivity index (χ0n) is 17.9. The van der Waals surface area contributed by atoms with E-state index in [0.717, 1.165) is 46.2 Å². The topological polar surface area (TPSA) is 68.4 Å². The predicted molar refractivity (Wildman–Crippen MR) is 119 cm³/mol. The zero-order valence-corrected chi connectivity index (χ0v) is 17.9. The minimum Gasteiger partial charge on any atom is -0.497 e. The van der Waals surface area contributed by atoms with Crippen LogP contribution in [-0.2, 0) is 16.0 Å². The summed E-state index contributed by atoms with van der Waals surface area (Å²) in [5.74, 6) is 1.16. The van der Waals surface area contributed by atoms with E-state index in [-0.39, 0.29) is 11.8 Å². The second-order valence-electron chi connectivity index (χ2n) is 7.46. The summed E-state index contributed by atoms with van der Waals surface area (Å²) < 4.78 is 10.6. The van der Waals surface area contributed by atoms with Gasteiger partial charge in [-0.15, -0.1) is 0 Å². The second-order valence-corrected chi connectivity index (χ2v) is 7.46. The number of nitrogens with one attached hydrogen (secondary N) is 1. The van der Waals surface area contributed by atoms with Crippen molar-refractivity contribution in [3.05, 3.63) is 64.9 Å². The molecule has 0 atom stereocenters. The maximum absolute atomic E-state index is 12.3. The average molecular weight is 405 g/mol. The van der Waals surface area contributed by atoms with Crippen molar-refractivity contribution in [2.24, 2.45) is 0 Å². The number of allylic oxidation sites excluding steroid dienone is 1. The molecule has 1 aromatic heterocycles. The van der Waals surface area contributed by atoms with Gasteiger partial charge in [0.2, 0.25) is 0 Å². The van der Waals surface area contributed by atoms with E-state index < -0.39 is 0 Å². The highest BCUT2D eigenvalue weighted by atomic mass is 16.5. The van der Waals surface area contributed by atoms with Gasteiger partial charge in [-0.1, -0.05) is 6.08 Å². The Kier molecular flexibility index (Phi) is 6.72. The Balaban J connectivity index is 1.58. The second kappa shape index (κ2) is 9.44. The van der Waals surface area contributed by atoms with Crippen LogP contribution in [0, 0.1) is 13.8 Å². The van der Waals surface area contributed by atoms with Crippen LogP contribution in [0.5, 0.6) is 11.5 Å². The number of carbonyl (C=O) groups excluding carboxylic acids is 2. The summed E-state index contributed by atoms with van der Waals surface area (Å²) in [6.45, 7) is 5.17. The highest BCUT2D eigenvalue weighted by Crippen LogP contribution is 2.26. The largest absolute Gasteiger partial charge is 0.497 e. The summed E-state index contributed by atoms with van der Waals surface area (Å²) in [7, 11) is 1.66. The smallest absolute Gasteiger partial charge is 0.308 e. The molecule has 5 nitrogen and oxygen atoms in total. The summed E-state index contributed by atoms with van der Waals surface area (Å²) in [6.07, 6.45) is 7.52. The minimum absolute atomic E-state index is 0.0896. The molecule has 30 heavy (non-hydrogen) atoms. The number of hydrogen-bond acceptors (Lipinski definition) is 4. The first-order chi connectivity index (χ1) is 14.4. The molecule has 0 aliphatic rings. The fraction of sp³-hybridized carbons (Fsp3) is 0.280. The number of aromatic nitrogens is 1. The van der Waals surface area contributed by atoms with E-state index in [4.69, 9.17) is 9.47 Å². The molecule has 0 bridgehead atoms. The third-order valence-corrected chi connectivity index (χ3v) is 5.03. The zero-order chi connectivity index (χ0) is 21.7. The Morgan fingerprint density at radius 1 is 1.10 bits per heavy atom. The molecule has 0 saturated carbocycles. The van der Waals surface area contributed by atoms with Crippen LogP contribution < -0.4 is 9.47 Å². The van der Waals surface area contributed by atoms with Gasteiger partial charge in [0.1, 0.15) is 11.5 Å². The van der Waals surface area contributed by atoms with Crippen LogP contribution in [0.1, 0.15) is 42.0 Å². The first-order valence-electron chi connectivity index (χ1n) is 10.0. The number of aromatic amines is 1. The molecule has 0 spiro atoms. The van der Waals surface area contributed by atoms with E-state index in [2.05, 4.69) is 4.98 Å². The first kappa shape index (κ1) is 21.4. The highest BCUT2D eigenvalue weighted by molar-refractivity contribution is 5.93. The number of hydrogen-bond donors (Lipinski definition) is 1. The fourth-order valence-electron chi connectivity index (χ4n) is 3.60. The maximum atomic E-state index is 12.3. The molecule has 0 aliphatic carbocycles. The van der Waals surface area contributed by atoms with Gasteiger partial charge in [-0.05, 0) is 85.4 Å². The fourth-order valence-corrected chi connectivity index (χ4v) is 3.60. The van der Waals surface area contributed by atoms with Gasteiger partial charge in [-0.2, -0.15) is 0 Å². The molecule has 0 unspecified atom stereocenters. The van der Waals surface area contributed by atoms with Crippen LogP contribution in [0.2, 0.25) is 0 Å². The Morgan fingerprint density at radius 2 is 1.83 bits per heavy atom. The monoisotopic (exact) mass is 405 g/mol. The van der Waals surface area contributed by atoms with Crippen molar-refractivity contribution in [3.8, 4) is 11.5 Å². The number of esters is 1. The van der Waals surface area contributed by atoms with Gasteiger partial charge < -0.3 is 14.5 Å². The van der Waals surface area contributed by atoms with Gasteiger partial charge in [-0.3, -0.25) is 9.59 Å². The average Bonchev–Trinajstić information content (AvgIpc) is 3.11. The molecule has 0 aliphatic heterocycles. The number of rotatable bonds is 8. The Hall–Kier alpha value is -3.34. The van der Waals surface area contributed by atoms with E-state index in [1.165, 1.54) is 12.5 Å². The number of ether oxygens (including phenoxy) is 2. The summed E-state index contributed by atoms with van der Waals surface area (Å²) in [5.41, 5.74) is 4.91. The van der Waals surface area contributed by atoms with Gasteiger partial charge in [0.05, 0.1) is 7.11 Å². The molecule has 0 fully saturated rings. The van der Waals surface area contributed by atoms with Crippen molar-refractivity contribution in [1.29, 1.82) is 0 Å². The molecule has 0 saturated heterocycles. The Morgan fingerprint density at radius 3 is 2.50 bits per heavy atom. The van der Waals surface area contributed by atoms with Crippen molar-refractivity contribution in [1.82, 2.24) is 4.98 Å². The van der Waals surface area contributed by atoms with Crippen LogP contribution in [0.4, 0.5) is 0 Å². The van der Waals surface area contributed by atoms with E-state index in [1.54, 1.807) is 13.2 Å². The number of carbonyl (C=O) groups is 2. The summed E-state index contributed by atoms with van der Waals surface area (Å²) in [5, 5.41) is 1.14. The number of benzene rings is 2. The predicted octanol–water partition coefficient (Wildman–Crippen LogP) is 5.32. The highest BCUT2D eigenvalue weighted by Gasteiger charge is 2.09. The number of H-pyrrole nitrogens is 1. The van der Waals surface area contributed by atoms with Crippen LogP contribution in [0.15, 0.2) is 42.6 Å². The lowest BCUT2D eigenvalue weighted by molar-refractivity contribution is -0.132. The van der Waals surface area contributed by atoms with Gasteiger partial charge in [0.15, 0.2) is 5.78 Å². The maximum Gasteiger partial charge on any atom is 0.308 e. The first-order valence-corrected chi connectivity index (χ1v) is 10.0.